The van der Waals surface area contributed by atoms with Gasteiger partial charge in [-0.3, -0.25) is 0 Å². The van der Waals surface area contributed by atoms with E-state index in [1.54, 1.807) is 0 Å². The summed E-state index contributed by atoms with van der Waals surface area (Å²) in [6.45, 7) is 16.0. The molecule has 0 heterocycles. The Morgan fingerprint density at radius 3 is 2.36 bits per heavy atom. The summed E-state index contributed by atoms with van der Waals surface area (Å²) in [5, 5.41) is 10.4. The van der Waals surface area contributed by atoms with E-state index in [-0.39, 0.29) is 5.41 Å². The van der Waals surface area contributed by atoms with Crippen LogP contribution in [0.3, 0.4) is 0 Å². The molecule has 0 aliphatic rings. The lowest BCUT2D eigenvalue weighted by molar-refractivity contribution is 0.237. The number of ether oxygens (including phenoxy) is 1. The fourth-order valence-corrected chi connectivity index (χ4v) is 3.08. The van der Waals surface area contributed by atoms with E-state index in [0.717, 1.165) is 29.9 Å². The lowest BCUT2D eigenvalue weighted by atomic mass is 9.85. The van der Waals surface area contributed by atoms with Crippen LogP contribution in [0.2, 0.25) is 19.6 Å². The highest BCUT2D eigenvalue weighted by Crippen LogP contribution is 2.33. The molecule has 0 saturated carbocycles. The van der Waals surface area contributed by atoms with E-state index in [2.05, 4.69) is 64.9 Å². The lowest BCUT2D eigenvalue weighted by Crippen LogP contribution is -2.17. The maximum atomic E-state index is 10.4. The molecule has 0 aromatic heterocycles. The molecule has 2 nitrogen and oxygen atoms in total. The van der Waals surface area contributed by atoms with Crippen LogP contribution in [0, 0.1) is 11.5 Å². The zero-order valence-corrected chi connectivity index (χ0v) is 18.2. The average Bonchev–Trinajstić information content (AvgIpc) is 2.51. The first-order chi connectivity index (χ1) is 11.5. The van der Waals surface area contributed by atoms with Crippen molar-refractivity contribution in [3.8, 4) is 17.2 Å². The minimum atomic E-state index is -1.49. The number of aliphatic hydroxyl groups excluding tert-OH is 1. The zero-order valence-electron chi connectivity index (χ0n) is 17.2. The molecule has 0 aliphatic carbocycles. The first-order valence-electron chi connectivity index (χ1n) is 9.52. The predicted octanol–water partition coefficient (Wildman–Crippen LogP) is 5.86. The minimum absolute atomic E-state index is 0.0410. The standard InChI is InChI=1S/C22H36O2Si/c1-8-9-10-11-15-24-21-13-12-18(17-19(21)22(2,3)4)20(23)14-16-25(5,6)7/h12-13,17,20,23H,8-11,15H2,1-7H3. The maximum absolute atomic E-state index is 10.4. The van der Waals surface area contributed by atoms with Crippen LogP contribution >= 0.6 is 0 Å². The van der Waals surface area contributed by atoms with Gasteiger partial charge in [0.05, 0.1) is 6.61 Å². The Morgan fingerprint density at radius 2 is 1.80 bits per heavy atom. The van der Waals surface area contributed by atoms with E-state index >= 15 is 0 Å². The van der Waals surface area contributed by atoms with Gasteiger partial charge in [0.25, 0.3) is 0 Å². The molecule has 1 rings (SSSR count). The van der Waals surface area contributed by atoms with E-state index in [4.69, 9.17) is 4.74 Å². The van der Waals surface area contributed by atoms with Crippen molar-refractivity contribution >= 4 is 8.07 Å². The fraction of sp³-hybridized carbons (Fsp3) is 0.636. The summed E-state index contributed by atoms with van der Waals surface area (Å²) < 4.78 is 6.05. The third-order valence-corrected chi connectivity index (χ3v) is 4.86. The van der Waals surface area contributed by atoms with Crippen LogP contribution in [0.4, 0.5) is 0 Å². The van der Waals surface area contributed by atoms with Crippen molar-refractivity contribution in [1.82, 2.24) is 0 Å². The van der Waals surface area contributed by atoms with E-state index in [9.17, 15) is 5.11 Å². The molecule has 3 heteroatoms. The van der Waals surface area contributed by atoms with Gasteiger partial charge >= 0.3 is 0 Å². The summed E-state index contributed by atoms with van der Waals surface area (Å²) in [5.41, 5.74) is 5.20. The number of benzene rings is 1. The fourth-order valence-electron chi connectivity index (χ4n) is 2.51. The Bertz CT molecular complexity index is 597. The number of rotatable bonds is 7. The second kappa shape index (κ2) is 9.45. The number of aliphatic hydroxyl groups is 1. The Morgan fingerprint density at radius 1 is 1.12 bits per heavy atom. The maximum Gasteiger partial charge on any atom is 0.139 e. The molecule has 0 bridgehead atoms. The highest BCUT2D eigenvalue weighted by atomic mass is 28.3. The lowest BCUT2D eigenvalue weighted by Gasteiger charge is -2.24. The van der Waals surface area contributed by atoms with Crippen LogP contribution in [0.15, 0.2) is 18.2 Å². The van der Waals surface area contributed by atoms with Crippen molar-refractivity contribution in [3.05, 3.63) is 29.3 Å². The van der Waals surface area contributed by atoms with Crippen LogP contribution in [0.1, 0.15) is 70.6 Å². The molecule has 0 saturated heterocycles. The summed E-state index contributed by atoms with van der Waals surface area (Å²) >= 11 is 0. The minimum Gasteiger partial charge on any atom is -0.493 e. The van der Waals surface area contributed by atoms with Crippen molar-refractivity contribution in [3.63, 3.8) is 0 Å². The molecule has 1 atom stereocenters. The van der Waals surface area contributed by atoms with Gasteiger partial charge in [0.15, 0.2) is 0 Å². The molecule has 1 aromatic rings. The third-order valence-electron chi connectivity index (χ3n) is 3.97. The highest BCUT2D eigenvalue weighted by molar-refractivity contribution is 6.83. The molecule has 25 heavy (non-hydrogen) atoms. The summed E-state index contributed by atoms with van der Waals surface area (Å²) in [5.74, 6) is 3.96. The smallest absolute Gasteiger partial charge is 0.139 e. The third kappa shape index (κ3) is 8.12. The van der Waals surface area contributed by atoms with Gasteiger partial charge in [-0.05, 0) is 35.1 Å². The van der Waals surface area contributed by atoms with Crippen molar-refractivity contribution in [2.45, 2.75) is 84.5 Å². The van der Waals surface area contributed by atoms with Gasteiger partial charge < -0.3 is 9.84 Å². The van der Waals surface area contributed by atoms with Crippen molar-refractivity contribution < 1.29 is 9.84 Å². The Labute approximate surface area is 156 Å². The quantitative estimate of drug-likeness (QED) is 0.375. The summed E-state index contributed by atoms with van der Waals surface area (Å²) in [4.78, 5) is 0. The summed E-state index contributed by atoms with van der Waals surface area (Å²) in [6.07, 6.45) is 4.06. The molecule has 1 unspecified atom stereocenters. The van der Waals surface area contributed by atoms with Gasteiger partial charge in [-0.25, -0.2) is 0 Å². The summed E-state index contributed by atoms with van der Waals surface area (Å²) in [6, 6.07) is 6.00. The normalized spacial score (nSPS) is 13.1. The van der Waals surface area contributed by atoms with E-state index in [0.29, 0.717) is 0 Å². The molecular formula is C22H36O2Si. The van der Waals surface area contributed by atoms with Gasteiger partial charge in [-0.2, -0.15) is 0 Å². The molecule has 0 spiro atoms. The average molecular weight is 361 g/mol. The largest absolute Gasteiger partial charge is 0.493 e. The van der Waals surface area contributed by atoms with Crippen LogP contribution in [-0.4, -0.2) is 19.8 Å². The van der Waals surface area contributed by atoms with E-state index in [1.165, 1.54) is 19.3 Å². The zero-order chi connectivity index (χ0) is 19.1. The number of hydrogen-bond donors (Lipinski definition) is 1. The van der Waals surface area contributed by atoms with E-state index in [1.807, 2.05) is 12.1 Å². The molecule has 0 aliphatic heterocycles. The molecule has 1 N–H and O–H groups in total. The Hall–Kier alpha value is -1.24. The molecular weight excluding hydrogens is 324 g/mol. The Kier molecular flexibility index (Phi) is 8.24. The number of unbranched alkanes of at least 4 members (excludes halogenated alkanes) is 3. The van der Waals surface area contributed by atoms with E-state index < -0.39 is 14.2 Å². The first-order valence-corrected chi connectivity index (χ1v) is 13.0. The molecule has 0 radical (unpaired) electrons. The van der Waals surface area contributed by atoms with Gasteiger partial charge in [0.1, 0.15) is 19.9 Å². The highest BCUT2D eigenvalue weighted by Gasteiger charge is 2.21. The van der Waals surface area contributed by atoms with Crippen molar-refractivity contribution in [1.29, 1.82) is 0 Å². The SMILES string of the molecule is CCCCCCOc1ccc(C(O)C#C[Si](C)(C)C)cc1C(C)(C)C. The van der Waals surface area contributed by atoms with Crippen LogP contribution in [-0.2, 0) is 5.41 Å². The Balaban J connectivity index is 2.96. The second-order valence-electron chi connectivity index (χ2n) is 8.84. The van der Waals surface area contributed by atoms with Gasteiger partial charge in [0, 0.05) is 0 Å². The van der Waals surface area contributed by atoms with Crippen LogP contribution in [0.5, 0.6) is 5.75 Å². The molecule has 1 aromatic carbocycles. The van der Waals surface area contributed by atoms with Gasteiger partial charge in [0.2, 0.25) is 0 Å². The van der Waals surface area contributed by atoms with Crippen molar-refractivity contribution in [2.24, 2.45) is 0 Å². The van der Waals surface area contributed by atoms with Crippen LogP contribution in [0.25, 0.3) is 0 Å². The molecule has 0 amide bonds. The second-order valence-corrected chi connectivity index (χ2v) is 13.6. The topological polar surface area (TPSA) is 29.5 Å². The first kappa shape index (κ1) is 21.8. The molecule has 0 fully saturated rings. The van der Waals surface area contributed by atoms with Crippen LogP contribution < -0.4 is 4.74 Å². The molecule has 140 valence electrons. The monoisotopic (exact) mass is 360 g/mol. The predicted molar refractivity (Wildman–Crippen MR) is 111 cm³/mol. The summed E-state index contributed by atoms with van der Waals surface area (Å²) in [7, 11) is -1.49. The van der Waals surface area contributed by atoms with Crippen molar-refractivity contribution in [2.75, 3.05) is 6.61 Å². The number of hydrogen-bond acceptors (Lipinski definition) is 2. The van der Waals surface area contributed by atoms with Gasteiger partial charge in [-0.1, -0.05) is 78.6 Å². The van der Waals surface area contributed by atoms with Gasteiger partial charge in [-0.15, -0.1) is 5.54 Å².